The van der Waals surface area contributed by atoms with Crippen molar-refractivity contribution in [2.75, 3.05) is 33.8 Å². The molecule has 1 N–H and O–H groups in total. The third-order valence-corrected chi connectivity index (χ3v) is 4.91. The van der Waals surface area contributed by atoms with Crippen LogP contribution in [0.4, 0.5) is 0 Å². The Morgan fingerprint density at radius 2 is 2.20 bits per heavy atom. The van der Waals surface area contributed by atoms with Gasteiger partial charge in [-0.1, -0.05) is 11.6 Å². The number of amides is 2. The summed E-state index contributed by atoms with van der Waals surface area (Å²) in [5.74, 6) is -0.122. The van der Waals surface area contributed by atoms with Gasteiger partial charge in [-0.3, -0.25) is 14.5 Å². The SMILES string of the molecule is CN(C)C(=O)C[C@H]1CN2C[C@@H](NC(=O)c3ccc(Cl)cn3)C[C@H]2CO1. The Kier molecular flexibility index (Phi) is 5.56. The van der Waals surface area contributed by atoms with E-state index in [4.69, 9.17) is 16.3 Å². The molecule has 136 valence electrons. The first kappa shape index (κ1) is 18.1. The highest BCUT2D eigenvalue weighted by Gasteiger charge is 2.38. The van der Waals surface area contributed by atoms with E-state index in [1.807, 2.05) is 0 Å². The number of morpholine rings is 1. The predicted octanol–water partition coefficient (Wildman–Crippen LogP) is 0.785. The van der Waals surface area contributed by atoms with E-state index in [1.165, 1.54) is 6.20 Å². The lowest BCUT2D eigenvalue weighted by molar-refractivity contribution is -0.134. The van der Waals surface area contributed by atoms with Crippen molar-refractivity contribution >= 4 is 23.4 Å². The van der Waals surface area contributed by atoms with E-state index >= 15 is 0 Å². The Bertz CT molecular complexity index is 637. The van der Waals surface area contributed by atoms with Crippen molar-refractivity contribution in [3.63, 3.8) is 0 Å². The number of halogens is 1. The van der Waals surface area contributed by atoms with Gasteiger partial charge in [-0.15, -0.1) is 0 Å². The van der Waals surface area contributed by atoms with Crippen molar-refractivity contribution < 1.29 is 14.3 Å². The van der Waals surface area contributed by atoms with Gasteiger partial charge < -0.3 is 15.0 Å². The molecule has 7 nitrogen and oxygen atoms in total. The van der Waals surface area contributed by atoms with E-state index in [-0.39, 0.29) is 30.0 Å². The molecule has 2 aliphatic heterocycles. The fourth-order valence-corrected chi connectivity index (χ4v) is 3.43. The summed E-state index contributed by atoms with van der Waals surface area (Å²) in [6.07, 6.45) is 2.61. The van der Waals surface area contributed by atoms with Gasteiger partial charge in [-0.2, -0.15) is 0 Å². The summed E-state index contributed by atoms with van der Waals surface area (Å²) < 4.78 is 5.83. The molecule has 3 heterocycles. The first-order chi connectivity index (χ1) is 11.9. The number of fused-ring (bicyclic) bond motifs is 1. The molecule has 0 bridgehead atoms. The van der Waals surface area contributed by atoms with Crippen molar-refractivity contribution in [3.8, 4) is 0 Å². The zero-order chi connectivity index (χ0) is 18.0. The van der Waals surface area contributed by atoms with Crippen LogP contribution in [0, 0.1) is 0 Å². The van der Waals surface area contributed by atoms with Crippen molar-refractivity contribution in [1.29, 1.82) is 0 Å². The van der Waals surface area contributed by atoms with Crippen LogP contribution in [-0.4, -0.2) is 78.6 Å². The van der Waals surface area contributed by atoms with Gasteiger partial charge in [0.1, 0.15) is 5.69 Å². The fourth-order valence-electron chi connectivity index (χ4n) is 3.32. The van der Waals surface area contributed by atoms with Crippen molar-refractivity contribution in [2.24, 2.45) is 0 Å². The zero-order valence-corrected chi connectivity index (χ0v) is 15.2. The molecular formula is C17H23ClN4O3. The highest BCUT2D eigenvalue weighted by Crippen LogP contribution is 2.24. The van der Waals surface area contributed by atoms with Crippen molar-refractivity contribution in [3.05, 3.63) is 29.0 Å². The van der Waals surface area contributed by atoms with Gasteiger partial charge in [0.2, 0.25) is 5.91 Å². The molecule has 1 aromatic heterocycles. The van der Waals surface area contributed by atoms with Gasteiger partial charge >= 0.3 is 0 Å². The Balaban J connectivity index is 1.52. The number of hydrogen-bond donors (Lipinski definition) is 1. The Hall–Kier alpha value is -1.70. The van der Waals surface area contributed by atoms with Crippen molar-refractivity contribution in [2.45, 2.75) is 31.0 Å². The zero-order valence-electron chi connectivity index (χ0n) is 14.4. The lowest BCUT2D eigenvalue weighted by Gasteiger charge is -2.35. The van der Waals surface area contributed by atoms with Crippen LogP contribution in [0.15, 0.2) is 18.3 Å². The number of aromatic nitrogens is 1. The standard InChI is InChI=1S/C17H23ClN4O3/c1-21(2)16(23)6-14-9-22-8-12(5-13(22)10-25-14)20-17(24)15-4-3-11(18)7-19-15/h3-4,7,12-14H,5-6,8-10H2,1-2H3,(H,20,24)/t12-,13-,14-/m0/s1. The summed E-state index contributed by atoms with van der Waals surface area (Å²) >= 11 is 5.80. The number of rotatable bonds is 4. The molecule has 0 aromatic carbocycles. The number of nitrogens with zero attached hydrogens (tertiary/aromatic N) is 3. The van der Waals surface area contributed by atoms with Crippen LogP contribution in [0.1, 0.15) is 23.3 Å². The minimum atomic E-state index is -0.193. The number of carbonyl (C=O) groups excluding carboxylic acids is 2. The van der Waals surface area contributed by atoms with Gasteiger partial charge in [-0.25, -0.2) is 4.98 Å². The highest BCUT2D eigenvalue weighted by molar-refractivity contribution is 6.30. The van der Waals surface area contributed by atoms with Crippen molar-refractivity contribution in [1.82, 2.24) is 20.1 Å². The van der Waals surface area contributed by atoms with Gasteiger partial charge in [0.15, 0.2) is 0 Å². The average molecular weight is 367 g/mol. The van der Waals surface area contributed by atoms with Crippen LogP contribution in [0.5, 0.6) is 0 Å². The molecule has 0 unspecified atom stereocenters. The van der Waals surface area contributed by atoms with E-state index in [0.717, 1.165) is 19.5 Å². The number of pyridine rings is 1. The van der Waals surface area contributed by atoms with Gasteiger partial charge in [0.25, 0.3) is 5.91 Å². The molecule has 0 spiro atoms. The Morgan fingerprint density at radius 1 is 1.40 bits per heavy atom. The maximum Gasteiger partial charge on any atom is 0.270 e. The topological polar surface area (TPSA) is 74.8 Å². The maximum atomic E-state index is 12.3. The molecule has 2 saturated heterocycles. The largest absolute Gasteiger partial charge is 0.375 e. The second-order valence-electron chi connectivity index (χ2n) is 6.82. The second kappa shape index (κ2) is 7.68. The average Bonchev–Trinajstić information content (AvgIpc) is 2.96. The number of carbonyl (C=O) groups is 2. The quantitative estimate of drug-likeness (QED) is 0.852. The molecule has 3 rings (SSSR count). The Morgan fingerprint density at radius 3 is 2.88 bits per heavy atom. The molecule has 2 fully saturated rings. The normalized spacial score (nSPS) is 26.1. The van der Waals surface area contributed by atoms with Crippen LogP contribution in [0.3, 0.4) is 0 Å². The summed E-state index contributed by atoms with van der Waals surface area (Å²) in [5.41, 5.74) is 0.361. The molecule has 0 saturated carbocycles. The third-order valence-electron chi connectivity index (χ3n) is 4.69. The second-order valence-corrected chi connectivity index (χ2v) is 7.26. The van der Waals surface area contributed by atoms with Crippen LogP contribution < -0.4 is 5.32 Å². The lowest BCUT2D eigenvalue weighted by Crippen LogP contribution is -2.47. The van der Waals surface area contributed by atoms with Crippen LogP contribution >= 0.6 is 11.6 Å². The smallest absolute Gasteiger partial charge is 0.270 e. The minimum Gasteiger partial charge on any atom is -0.375 e. The summed E-state index contributed by atoms with van der Waals surface area (Å²) in [7, 11) is 3.50. The molecule has 25 heavy (non-hydrogen) atoms. The highest BCUT2D eigenvalue weighted by atomic mass is 35.5. The lowest BCUT2D eigenvalue weighted by atomic mass is 10.1. The van der Waals surface area contributed by atoms with Gasteiger partial charge in [0.05, 0.1) is 24.2 Å². The van der Waals surface area contributed by atoms with Crippen LogP contribution in [-0.2, 0) is 9.53 Å². The summed E-state index contributed by atoms with van der Waals surface area (Å²) in [4.78, 5) is 32.1. The summed E-state index contributed by atoms with van der Waals surface area (Å²) in [5, 5.41) is 3.53. The van der Waals surface area contributed by atoms with Crippen LogP contribution in [0.25, 0.3) is 0 Å². The first-order valence-electron chi connectivity index (χ1n) is 8.40. The van der Waals surface area contributed by atoms with E-state index in [2.05, 4.69) is 15.2 Å². The van der Waals surface area contributed by atoms with E-state index in [1.54, 1.807) is 31.1 Å². The maximum absolute atomic E-state index is 12.3. The number of ether oxygens (including phenoxy) is 1. The van der Waals surface area contributed by atoms with E-state index in [9.17, 15) is 9.59 Å². The van der Waals surface area contributed by atoms with Gasteiger partial charge in [-0.05, 0) is 18.6 Å². The fraction of sp³-hybridized carbons (Fsp3) is 0.588. The summed E-state index contributed by atoms with van der Waals surface area (Å²) in [6.45, 7) is 2.08. The molecule has 3 atom stereocenters. The van der Waals surface area contributed by atoms with E-state index < -0.39 is 0 Å². The Labute approximate surface area is 152 Å². The minimum absolute atomic E-state index is 0.0573. The molecule has 0 radical (unpaired) electrons. The number of nitrogens with one attached hydrogen (secondary N) is 1. The predicted molar refractivity (Wildman–Crippen MR) is 93.5 cm³/mol. The molecule has 2 amide bonds. The molecule has 0 aliphatic carbocycles. The number of hydrogen-bond acceptors (Lipinski definition) is 5. The third kappa shape index (κ3) is 4.48. The van der Waals surface area contributed by atoms with E-state index in [0.29, 0.717) is 23.7 Å². The first-order valence-corrected chi connectivity index (χ1v) is 8.78. The molecule has 1 aromatic rings. The molecule has 8 heteroatoms. The molecular weight excluding hydrogens is 344 g/mol. The van der Waals surface area contributed by atoms with Crippen LogP contribution in [0.2, 0.25) is 5.02 Å². The van der Waals surface area contributed by atoms with Gasteiger partial charge in [0, 0.05) is 45.5 Å². The summed E-state index contributed by atoms with van der Waals surface area (Å²) in [6, 6.07) is 3.61. The monoisotopic (exact) mass is 366 g/mol. The molecule has 2 aliphatic rings.